The molecule has 0 aromatic carbocycles. The van der Waals surface area contributed by atoms with Crippen LogP contribution in [-0.2, 0) is 0 Å². The number of unbranched alkanes of at least 4 members (excludes halogenated alkanes) is 1. The van der Waals surface area contributed by atoms with Crippen molar-refractivity contribution in [2.45, 2.75) is 67.7 Å². The molecule has 0 fully saturated rings. The third-order valence-electron chi connectivity index (χ3n) is 0.500. The fourth-order valence-electron chi connectivity index (χ4n) is 0. The van der Waals surface area contributed by atoms with Gasteiger partial charge in [-0.25, -0.2) is 0 Å². The van der Waals surface area contributed by atoms with Crippen LogP contribution < -0.4 is 0 Å². The van der Waals surface area contributed by atoms with Gasteiger partial charge in [-0.1, -0.05) is 67.7 Å². The zero-order valence-electron chi connectivity index (χ0n) is 9.70. The van der Waals surface area contributed by atoms with E-state index in [2.05, 4.69) is 48.5 Å². The van der Waals surface area contributed by atoms with Crippen LogP contribution in [0.5, 0.6) is 0 Å². The second kappa shape index (κ2) is 22.5. The van der Waals surface area contributed by atoms with E-state index in [1.807, 2.05) is 0 Å². The number of hydrogen-bond donors (Lipinski definition) is 0. The molecule has 11 heavy (non-hydrogen) atoms. The molecule has 72 valence electrons. The van der Waals surface area contributed by atoms with E-state index in [9.17, 15) is 0 Å². The summed E-state index contributed by atoms with van der Waals surface area (Å²) in [5, 5.41) is 0. The first kappa shape index (κ1) is 17.2. The molecule has 0 saturated carbocycles. The van der Waals surface area contributed by atoms with E-state index in [1.54, 1.807) is 0 Å². The van der Waals surface area contributed by atoms with E-state index >= 15 is 0 Å². The monoisotopic (exact) mass is 160 g/mol. The summed E-state index contributed by atoms with van der Waals surface area (Å²) in [6, 6.07) is 0. The third kappa shape index (κ3) is 640. The van der Waals surface area contributed by atoms with Gasteiger partial charge in [0, 0.05) is 0 Å². The van der Waals surface area contributed by atoms with Crippen LogP contribution in [0.25, 0.3) is 0 Å². The molecule has 0 aliphatic rings. The maximum Gasteiger partial charge on any atom is -0.0500 e. The van der Waals surface area contributed by atoms with Crippen molar-refractivity contribution in [3.05, 3.63) is 0 Å². The van der Waals surface area contributed by atoms with Crippen molar-refractivity contribution >= 4 is 0 Å². The van der Waals surface area contributed by atoms with Crippen molar-refractivity contribution in [3.8, 4) is 0 Å². The van der Waals surface area contributed by atoms with Gasteiger partial charge in [-0.15, -0.1) is 0 Å². The fourth-order valence-corrected chi connectivity index (χ4v) is 0. The van der Waals surface area contributed by atoms with Gasteiger partial charge in [-0.05, 0) is 5.92 Å². The standard InChI is InChI=1S/2C4H10.C3H8/c1-4(2)3;1-3-4-2;1-3-2/h4H,1-3H3;3-4H2,1-2H3;3H2,1-2H3. The summed E-state index contributed by atoms with van der Waals surface area (Å²) >= 11 is 0. The predicted molar refractivity (Wildman–Crippen MR) is 57.1 cm³/mol. The van der Waals surface area contributed by atoms with Crippen LogP contribution >= 0.6 is 0 Å². The minimum absolute atomic E-state index is 0.833. The van der Waals surface area contributed by atoms with E-state index in [1.165, 1.54) is 19.3 Å². The normalized spacial score (nSPS) is 7.64. The Kier molecular flexibility index (Phi) is 35.2. The Labute approximate surface area is 74.4 Å². The van der Waals surface area contributed by atoms with Crippen molar-refractivity contribution < 1.29 is 0 Å². The first-order valence-corrected chi connectivity index (χ1v) is 5.06. The Morgan fingerprint density at radius 3 is 0.818 bits per heavy atom. The molecule has 0 atom stereocenters. The van der Waals surface area contributed by atoms with Crippen molar-refractivity contribution in [3.63, 3.8) is 0 Å². The Bertz CT molecular complexity index is 24.3. The summed E-state index contributed by atoms with van der Waals surface area (Å²) in [6.45, 7) is 15.1. The van der Waals surface area contributed by atoms with Gasteiger partial charge in [0.2, 0.25) is 0 Å². The van der Waals surface area contributed by atoms with Crippen LogP contribution in [-0.4, -0.2) is 0 Å². The van der Waals surface area contributed by atoms with Crippen molar-refractivity contribution in [2.75, 3.05) is 0 Å². The summed E-state index contributed by atoms with van der Waals surface area (Å²) in [5.41, 5.74) is 0. The lowest BCUT2D eigenvalue weighted by Gasteiger charge is -1.79. The molecule has 0 heterocycles. The molecule has 0 aliphatic carbocycles. The number of hydrogen-bond acceptors (Lipinski definition) is 0. The highest BCUT2D eigenvalue weighted by Crippen LogP contribution is 1.81. The quantitative estimate of drug-likeness (QED) is 0.512. The zero-order chi connectivity index (χ0) is 9.70. The van der Waals surface area contributed by atoms with Crippen molar-refractivity contribution in [1.29, 1.82) is 0 Å². The first-order valence-electron chi connectivity index (χ1n) is 5.06. The lowest BCUT2D eigenvalue weighted by molar-refractivity contribution is 0.737. The molecule has 0 rings (SSSR count). The topological polar surface area (TPSA) is 0 Å². The van der Waals surface area contributed by atoms with Gasteiger partial charge < -0.3 is 0 Å². The summed E-state index contributed by atoms with van der Waals surface area (Å²) < 4.78 is 0. The molecule has 0 nitrogen and oxygen atoms in total. The Morgan fingerprint density at radius 2 is 0.818 bits per heavy atom. The zero-order valence-corrected chi connectivity index (χ0v) is 9.70. The van der Waals surface area contributed by atoms with Gasteiger partial charge in [0.1, 0.15) is 0 Å². The molecule has 0 N–H and O–H groups in total. The molecule has 0 aliphatic heterocycles. The maximum atomic E-state index is 2.18. The van der Waals surface area contributed by atoms with E-state index in [4.69, 9.17) is 0 Å². The van der Waals surface area contributed by atoms with Gasteiger partial charge >= 0.3 is 0 Å². The molecule has 0 aromatic heterocycles. The molecule has 0 unspecified atom stereocenters. The van der Waals surface area contributed by atoms with Crippen LogP contribution in [0, 0.1) is 5.92 Å². The minimum atomic E-state index is 0.833. The maximum absolute atomic E-state index is 2.18. The number of rotatable bonds is 1. The first-order chi connectivity index (χ1) is 5.06. The van der Waals surface area contributed by atoms with E-state index in [0.29, 0.717) is 0 Å². The summed E-state index contributed by atoms with van der Waals surface area (Å²) in [6.07, 6.45) is 3.89. The molecule has 0 radical (unpaired) electrons. The van der Waals surface area contributed by atoms with Crippen LogP contribution in [0.3, 0.4) is 0 Å². The second-order valence-corrected chi connectivity index (χ2v) is 3.44. The SMILES string of the molecule is CC(C)C.CCC.CCCC. The van der Waals surface area contributed by atoms with Gasteiger partial charge in [0.25, 0.3) is 0 Å². The average Bonchev–Trinajstić information content (AvgIpc) is 1.88. The molecule has 0 spiro atoms. The van der Waals surface area contributed by atoms with Gasteiger partial charge in [-0.2, -0.15) is 0 Å². The third-order valence-corrected chi connectivity index (χ3v) is 0.500. The van der Waals surface area contributed by atoms with E-state index < -0.39 is 0 Å². The molecule has 0 amide bonds. The average molecular weight is 160 g/mol. The molecule has 0 saturated heterocycles. The van der Waals surface area contributed by atoms with Gasteiger partial charge in [-0.3, -0.25) is 0 Å². The highest BCUT2D eigenvalue weighted by molar-refractivity contribution is 4.20. The Morgan fingerprint density at radius 1 is 0.727 bits per heavy atom. The second-order valence-electron chi connectivity index (χ2n) is 3.44. The molecular formula is C11H28. The predicted octanol–water partition coefficient (Wildman–Crippen LogP) is 4.89. The van der Waals surface area contributed by atoms with Crippen LogP contribution in [0.1, 0.15) is 67.7 Å². The summed E-state index contributed by atoms with van der Waals surface area (Å²) in [4.78, 5) is 0. The van der Waals surface area contributed by atoms with Crippen molar-refractivity contribution in [2.24, 2.45) is 5.92 Å². The van der Waals surface area contributed by atoms with E-state index in [-0.39, 0.29) is 0 Å². The molecule has 0 aromatic rings. The Hall–Kier alpha value is 0. The highest BCUT2D eigenvalue weighted by Gasteiger charge is 1.68. The minimum Gasteiger partial charge on any atom is -0.0656 e. The van der Waals surface area contributed by atoms with Crippen LogP contribution in [0.15, 0.2) is 0 Å². The summed E-state index contributed by atoms with van der Waals surface area (Å²) in [5.74, 6) is 0.833. The van der Waals surface area contributed by atoms with E-state index in [0.717, 1.165) is 5.92 Å². The smallest absolute Gasteiger partial charge is 0.0500 e. The van der Waals surface area contributed by atoms with Crippen LogP contribution in [0.4, 0.5) is 0 Å². The fraction of sp³-hybridized carbons (Fsp3) is 1.00. The van der Waals surface area contributed by atoms with Crippen LogP contribution in [0.2, 0.25) is 0 Å². The lowest BCUT2D eigenvalue weighted by atomic mass is 10.3. The molecular weight excluding hydrogens is 132 g/mol. The molecule has 0 heteroatoms. The van der Waals surface area contributed by atoms with Gasteiger partial charge in [0.05, 0.1) is 0 Å². The molecule has 0 bridgehead atoms. The largest absolute Gasteiger partial charge is 0.0656 e. The summed E-state index contributed by atoms with van der Waals surface area (Å²) in [7, 11) is 0. The van der Waals surface area contributed by atoms with Crippen molar-refractivity contribution in [1.82, 2.24) is 0 Å². The lowest BCUT2D eigenvalue weighted by Crippen LogP contribution is -1.66. The van der Waals surface area contributed by atoms with Gasteiger partial charge in [0.15, 0.2) is 0 Å². The Balaban J connectivity index is -0.0000000886. The highest BCUT2D eigenvalue weighted by atomic mass is 13.7.